The zero-order chi connectivity index (χ0) is 23.5. The first-order valence-corrected chi connectivity index (χ1v) is 11.6. The van der Waals surface area contributed by atoms with Crippen LogP contribution in [0.15, 0.2) is 91.1 Å². The van der Waals surface area contributed by atoms with Crippen molar-refractivity contribution in [2.24, 2.45) is 0 Å². The van der Waals surface area contributed by atoms with Gasteiger partial charge in [-0.2, -0.15) is 0 Å². The first-order chi connectivity index (χ1) is 16.6. The minimum absolute atomic E-state index is 0.691. The second kappa shape index (κ2) is 9.33. The summed E-state index contributed by atoms with van der Waals surface area (Å²) in [5.41, 5.74) is 9.51. The topological polar surface area (TPSA) is 25.8 Å². The summed E-state index contributed by atoms with van der Waals surface area (Å²) in [7, 11) is 0. The Hall–Kier alpha value is -4.22. The van der Waals surface area contributed by atoms with Crippen LogP contribution < -0.4 is 0 Å². The van der Waals surface area contributed by atoms with Gasteiger partial charge in [-0.1, -0.05) is 72.7 Å². The Kier molecular flexibility index (Phi) is 5.93. The summed E-state index contributed by atoms with van der Waals surface area (Å²) in [6, 6.07) is 29.7. The second-order valence-corrected chi connectivity index (χ2v) is 8.77. The number of nitrogens with zero attached hydrogens (tertiary/aromatic N) is 2. The van der Waals surface area contributed by atoms with Gasteiger partial charge in [0.2, 0.25) is 0 Å². The average Bonchev–Trinajstić information content (AvgIpc) is 2.86. The number of hydrogen-bond donors (Lipinski definition) is 0. The Balaban J connectivity index is 1.42. The maximum atomic E-state index is 5.46. The number of aryl methyl sites for hydroxylation is 2. The van der Waals surface area contributed by atoms with Gasteiger partial charge in [0.05, 0.1) is 0 Å². The molecule has 0 amide bonds. The third-order valence-corrected chi connectivity index (χ3v) is 6.40. The van der Waals surface area contributed by atoms with Crippen molar-refractivity contribution >= 4 is 10.8 Å². The van der Waals surface area contributed by atoms with Crippen molar-refractivity contribution in [3.05, 3.63) is 130 Å². The number of terminal acetylenes is 1. The molecule has 4 aromatic carbocycles. The molecule has 0 N–H and O–H groups in total. The second-order valence-electron chi connectivity index (χ2n) is 8.77. The van der Waals surface area contributed by atoms with Gasteiger partial charge in [0, 0.05) is 30.3 Å². The lowest BCUT2D eigenvalue weighted by molar-refractivity contribution is 0.912. The number of rotatable bonds is 5. The maximum absolute atomic E-state index is 5.46. The summed E-state index contributed by atoms with van der Waals surface area (Å²) in [4.78, 5) is 9.35. The molecule has 0 aliphatic carbocycles. The number of benzene rings is 4. The molecule has 0 aliphatic rings. The quantitative estimate of drug-likeness (QED) is 0.274. The van der Waals surface area contributed by atoms with Gasteiger partial charge >= 0.3 is 0 Å². The minimum Gasteiger partial charge on any atom is -0.241 e. The fourth-order valence-corrected chi connectivity index (χ4v) is 4.61. The molecule has 5 aromatic rings. The minimum atomic E-state index is 0.691. The molecule has 0 spiro atoms. The highest BCUT2D eigenvalue weighted by atomic mass is 14.9. The van der Waals surface area contributed by atoms with E-state index in [1.807, 2.05) is 36.5 Å². The standard InChI is InChI=1S/C32H26N2/c1-4-24-12-14-25(15-13-24)20-32-33-17-16-28(34-32)21-31-22(2)18-27(19-23(31)3)30-11-7-9-26-8-5-6-10-29(26)30/h1,5-19H,20-21H2,2-3H3. The maximum Gasteiger partial charge on any atom is 0.132 e. The van der Waals surface area contributed by atoms with Crippen LogP contribution in [0.3, 0.4) is 0 Å². The molecular formula is C32H26N2. The van der Waals surface area contributed by atoms with Crippen molar-refractivity contribution in [2.45, 2.75) is 26.7 Å². The van der Waals surface area contributed by atoms with Crippen LogP contribution in [0.1, 0.15) is 39.3 Å². The van der Waals surface area contributed by atoms with Gasteiger partial charge in [-0.3, -0.25) is 0 Å². The summed E-state index contributed by atoms with van der Waals surface area (Å²) >= 11 is 0. The highest BCUT2D eigenvalue weighted by Gasteiger charge is 2.11. The van der Waals surface area contributed by atoms with Crippen molar-refractivity contribution in [3.8, 4) is 23.5 Å². The molecule has 0 saturated carbocycles. The highest BCUT2D eigenvalue weighted by molar-refractivity contribution is 5.96. The van der Waals surface area contributed by atoms with E-state index in [9.17, 15) is 0 Å². The number of aromatic nitrogens is 2. The molecular weight excluding hydrogens is 412 g/mol. The monoisotopic (exact) mass is 438 g/mol. The normalized spacial score (nSPS) is 10.9. The molecule has 0 aliphatic heterocycles. The first kappa shape index (κ1) is 21.6. The highest BCUT2D eigenvalue weighted by Crippen LogP contribution is 2.32. The zero-order valence-corrected chi connectivity index (χ0v) is 19.5. The predicted molar refractivity (Wildman–Crippen MR) is 141 cm³/mol. The van der Waals surface area contributed by atoms with Gasteiger partial charge in [-0.25, -0.2) is 9.97 Å². The van der Waals surface area contributed by atoms with Gasteiger partial charge in [0.1, 0.15) is 5.82 Å². The Morgan fingerprint density at radius 1 is 0.794 bits per heavy atom. The van der Waals surface area contributed by atoms with Gasteiger partial charge in [0.25, 0.3) is 0 Å². The van der Waals surface area contributed by atoms with Crippen LogP contribution in [-0.2, 0) is 12.8 Å². The van der Waals surface area contributed by atoms with E-state index in [1.54, 1.807) is 0 Å². The lowest BCUT2D eigenvalue weighted by atomic mass is 9.91. The summed E-state index contributed by atoms with van der Waals surface area (Å²) in [6.07, 6.45) is 8.81. The average molecular weight is 439 g/mol. The van der Waals surface area contributed by atoms with E-state index >= 15 is 0 Å². The lowest BCUT2D eigenvalue weighted by Gasteiger charge is -2.14. The van der Waals surface area contributed by atoms with E-state index in [1.165, 1.54) is 38.6 Å². The van der Waals surface area contributed by atoms with Crippen molar-refractivity contribution in [2.75, 3.05) is 0 Å². The van der Waals surface area contributed by atoms with Gasteiger partial charge in [0.15, 0.2) is 0 Å². The third-order valence-electron chi connectivity index (χ3n) is 6.40. The number of fused-ring (bicyclic) bond motifs is 1. The molecule has 2 nitrogen and oxygen atoms in total. The summed E-state index contributed by atoms with van der Waals surface area (Å²) in [6.45, 7) is 4.40. The van der Waals surface area contributed by atoms with Crippen LogP contribution in [0.5, 0.6) is 0 Å². The van der Waals surface area contributed by atoms with Crippen molar-refractivity contribution in [1.82, 2.24) is 9.97 Å². The number of hydrogen-bond acceptors (Lipinski definition) is 2. The molecule has 0 fully saturated rings. The molecule has 0 bridgehead atoms. The van der Waals surface area contributed by atoms with Crippen LogP contribution in [0, 0.1) is 26.2 Å². The smallest absolute Gasteiger partial charge is 0.132 e. The molecule has 0 atom stereocenters. The van der Waals surface area contributed by atoms with Crippen LogP contribution in [0.2, 0.25) is 0 Å². The molecule has 1 heterocycles. The van der Waals surface area contributed by atoms with E-state index in [4.69, 9.17) is 11.4 Å². The van der Waals surface area contributed by atoms with Crippen molar-refractivity contribution < 1.29 is 0 Å². The molecule has 1 aromatic heterocycles. The zero-order valence-electron chi connectivity index (χ0n) is 19.5. The van der Waals surface area contributed by atoms with Crippen molar-refractivity contribution in [3.63, 3.8) is 0 Å². The van der Waals surface area contributed by atoms with Crippen LogP contribution in [0.4, 0.5) is 0 Å². The van der Waals surface area contributed by atoms with E-state index in [2.05, 4.69) is 79.3 Å². The predicted octanol–water partition coefficient (Wildman–Crippen LogP) is 7.08. The molecule has 2 heteroatoms. The van der Waals surface area contributed by atoms with Crippen LogP contribution >= 0.6 is 0 Å². The van der Waals surface area contributed by atoms with E-state index in [0.717, 1.165) is 29.1 Å². The molecule has 0 unspecified atom stereocenters. The lowest BCUT2D eigenvalue weighted by Crippen LogP contribution is -2.03. The molecule has 0 radical (unpaired) electrons. The largest absolute Gasteiger partial charge is 0.241 e. The van der Waals surface area contributed by atoms with E-state index in [-0.39, 0.29) is 0 Å². The third kappa shape index (κ3) is 4.47. The molecule has 0 saturated heterocycles. The summed E-state index contributed by atoms with van der Waals surface area (Å²) in [5.74, 6) is 3.48. The van der Waals surface area contributed by atoms with E-state index in [0.29, 0.717) is 6.42 Å². The fourth-order valence-electron chi connectivity index (χ4n) is 4.61. The summed E-state index contributed by atoms with van der Waals surface area (Å²) < 4.78 is 0. The fraction of sp³-hybridized carbons (Fsp3) is 0.125. The van der Waals surface area contributed by atoms with E-state index < -0.39 is 0 Å². The van der Waals surface area contributed by atoms with Gasteiger partial charge < -0.3 is 0 Å². The van der Waals surface area contributed by atoms with Crippen LogP contribution in [-0.4, -0.2) is 9.97 Å². The Morgan fingerprint density at radius 3 is 2.29 bits per heavy atom. The Labute approximate surface area is 201 Å². The Morgan fingerprint density at radius 2 is 1.53 bits per heavy atom. The SMILES string of the molecule is C#Cc1ccc(Cc2nccc(Cc3c(C)cc(-c4cccc5ccccc45)cc3C)n2)cc1. The Bertz CT molecular complexity index is 1490. The molecule has 164 valence electrons. The van der Waals surface area contributed by atoms with Crippen molar-refractivity contribution in [1.29, 1.82) is 0 Å². The van der Waals surface area contributed by atoms with Crippen LogP contribution in [0.25, 0.3) is 21.9 Å². The van der Waals surface area contributed by atoms with Gasteiger partial charge in [-0.15, -0.1) is 6.42 Å². The molecule has 5 rings (SSSR count). The van der Waals surface area contributed by atoms with Gasteiger partial charge in [-0.05, 0) is 76.2 Å². The summed E-state index contributed by atoms with van der Waals surface area (Å²) in [5, 5.41) is 2.55. The first-order valence-electron chi connectivity index (χ1n) is 11.6. The molecule has 34 heavy (non-hydrogen) atoms.